The lowest BCUT2D eigenvalue weighted by atomic mass is 10.3. The molecule has 0 spiro atoms. The molecule has 0 radical (unpaired) electrons. The van der Waals surface area contributed by atoms with E-state index < -0.39 is 8.32 Å². The number of aryl methyl sites for hydroxylation is 1. The fourth-order valence-electron chi connectivity index (χ4n) is 4.85. The maximum absolute atomic E-state index is 13.0. The van der Waals surface area contributed by atoms with E-state index in [9.17, 15) is 4.79 Å². The molecule has 6 heteroatoms. The minimum atomic E-state index is -2.01. The Hall–Kier alpha value is -2.34. The van der Waals surface area contributed by atoms with Gasteiger partial charge in [-0.2, -0.15) is 0 Å². The highest BCUT2D eigenvalue weighted by Gasteiger charge is 2.46. The van der Waals surface area contributed by atoms with Crippen LogP contribution in [0.15, 0.2) is 47.4 Å². The van der Waals surface area contributed by atoms with Crippen molar-refractivity contribution in [3.05, 3.63) is 53.1 Å². The summed E-state index contributed by atoms with van der Waals surface area (Å²) in [6, 6.07) is 11.7. The van der Waals surface area contributed by atoms with Crippen LogP contribution in [0.25, 0.3) is 16.9 Å². The van der Waals surface area contributed by atoms with Crippen LogP contribution in [0.2, 0.25) is 16.6 Å². The third-order valence-corrected chi connectivity index (χ3v) is 12.1. The lowest BCUT2D eigenvalue weighted by Crippen LogP contribution is -2.50. The maximum atomic E-state index is 13.0. The Morgan fingerprint density at radius 2 is 1.55 bits per heavy atom. The van der Waals surface area contributed by atoms with Crippen molar-refractivity contribution in [1.82, 2.24) is 14.1 Å². The van der Waals surface area contributed by atoms with E-state index in [1.807, 2.05) is 43.3 Å². The highest BCUT2D eigenvalue weighted by molar-refractivity contribution is 6.78. The molecule has 0 unspecified atom stereocenters. The second-order valence-corrected chi connectivity index (χ2v) is 14.0. The van der Waals surface area contributed by atoms with Gasteiger partial charge in [0.15, 0.2) is 5.65 Å². The van der Waals surface area contributed by atoms with Crippen LogP contribution in [-0.2, 0) is 6.54 Å². The predicted octanol–water partition coefficient (Wildman–Crippen LogP) is 5.76. The number of pyridine rings is 1. The van der Waals surface area contributed by atoms with Gasteiger partial charge in [-0.3, -0.25) is 4.57 Å². The molecule has 0 atom stereocenters. The monoisotopic (exact) mass is 411 g/mol. The number of imidazole rings is 1. The molecule has 0 aliphatic heterocycles. The van der Waals surface area contributed by atoms with Gasteiger partial charge in [-0.05, 0) is 59.9 Å². The zero-order chi connectivity index (χ0) is 21.3. The first kappa shape index (κ1) is 21.4. The first-order valence-corrected chi connectivity index (χ1v) is 12.7. The minimum absolute atomic E-state index is 0.0647. The summed E-state index contributed by atoms with van der Waals surface area (Å²) in [4.78, 5) is 17.4. The minimum Gasteiger partial charge on any atom is -0.543 e. The summed E-state index contributed by atoms with van der Waals surface area (Å²) in [6.45, 7) is 16.3. The van der Waals surface area contributed by atoms with Gasteiger partial charge in [0.05, 0.1) is 11.2 Å². The van der Waals surface area contributed by atoms with E-state index in [1.54, 1.807) is 15.3 Å². The van der Waals surface area contributed by atoms with Crippen LogP contribution in [0.3, 0.4) is 0 Å². The number of hydrogen-bond donors (Lipinski definition) is 0. The molecule has 2 aromatic heterocycles. The van der Waals surface area contributed by atoms with E-state index in [4.69, 9.17) is 4.43 Å². The van der Waals surface area contributed by atoms with Crippen LogP contribution in [0.1, 0.15) is 48.5 Å². The molecule has 5 nitrogen and oxygen atoms in total. The molecule has 3 aromatic rings. The molecule has 0 aliphatic carbocycles. The van der Waals surface area contributed by atoms with Crippen LogP contribution in [0.5, 0.6) is 5.75 Å². The predicted molar refractivity (Wildman–Crippen MR) is 123 cm³/mol. The normalized spacial score (nSPS) is 12.5. The lowest BCUT2D eigenvalue weighted by Gasteiger charge is -2.42. The summed E-state index contributed by atoms with van der Waals surface area (Å²) in [5.41, 5.74) is 3.81. The van der Waals surface area contributed by atoms with E-state index in [2.05, 4.69) is 46.5 Å². The average Bonchev–Trinajstić information content (AvgIpc) is 2.96. The molecule has 0 amide bonds. The largest absolute Gasteiger partial charge is 0.543 e. The Labute approximate surface area is 174 Å². The second-order valence-electron chi connectivity index (χ2n) is 8.62. The molecular weight excluding hydrogens is 378 g/mol. The van der Waals surface area contributed by atoms with E-state index in [0.717, 1.165) is 17.0 Å². The lowest BCUT2D eigenvalue weighted by molar-refractivity contribution is 0.479. The number of aromatic nitrogens is 3. The van der Waals surface area contributed by atoms with Gasteiger partial charge >= 0.3 is 5.69 Å². The standard InChI is InChI=1S/C23H33N3O2Si/c1-8-25-21-10-9-15-24-22(21)26(23(25)27)19-11-13-20(14-12-19)28-29(16(2)3,17(4)5)18(6)7/h9-18H,8H2,1-7H3. The Morgan fingerprint density at radius 1 is 0.966 bits per heavy atom. The van der Waals surface area contributed by atoms with Gasteiger partial charge in [0.2, 0.25) is 0 Å². The Kier molecular flexibility index (Phi) is 6.03. The molecule has 0 saturated carbocycles. The van der Waals surface area contributed by atoms with Crippen molar-refractivity contribution in [2.24, 2.45) is 0 Å². The van der Waals surface area contributed by atoms with Crippen molar-refractivity contribution in [1.29, 1.82) is 0 Å². The quantitative estimate of drug-likeness (QED) is 0.464. The van der Waals surface area contributed by atoms with Crippen molar-refractivity contribution in [3.8, 4) is 11.4 Å². The highest BCUT2D eigenvalue weighted by atomic mass is 28.4. The van der Waals surface area contributed by atoms with Gasteiger partial charge in [0.25, 0.3) is 8.32 Å². The molecule has 3 rings (SSSR count). The third-order valence-electron chi connectivity index (χ3n) is 6.10. The topological polar surface area (TPSA) is 49.0 Å². The summed E-state index contributed by atoms with van der Waals surface area (Å²) in [5, 5.41) is 0. The van der Waals surface area contributed by atoms with Crippen molar-refractivity contribution in [2.45, 2.75) is 71.6 Å². The van der Waals surface area contributed by atoms with E-state index in [-0.39, 0.29) is 5.69 Å². The van der Waals surface area contributed by atoms with Gasteiger partial charge < -0.3 is 4.43 Å². The van der Waals surface area contributed by atoms with Crippen molar-refractivity contribution < 1.29 is 4.43 Å². The molecule has 29 heavy (non-hydrogen) atoms. The van der Waals surface area contributed by atoms with Crippen molar-refractivity contribution >= 4 is 19.5 Å². The maximum Gasteiger partial charge on any atom is 0.334 e. The Bertz CT molecular complexity index is 1010. The fraction of sp³-hybridized carbons (Fsp3) is 0.478. The number of rotatable bonds is 7. The Balaban J connectivity index is 2.03. The Morgan fingerprint density at radius 3 is 2.07 bits per heavy atom. The molecule has 2 heterocycles. The van der Waals surface area contributed by atoms with Crippen LogP contribution in [0, 0.1) is 0 Å². The van der Waals surface area contributed by atoms with E-state index in [0.29, 0.717) is 28.8 Å². The molecular formula is C23H33N3O2Si. The van der Waals surface area contributed by atoms with Gasteiger partial charge in [-0.15, -0.1) is 0 Å². The summed E-state index contributed by atoms with van der Waals surface area (Å²) < 4.78 is 10.2. The third kappa shape index (κ3) is 3.54. The zero-order valence-electron chi connectivity index (χ0n) is 18.6. The highest BCUT2D eigenvalue weighted by Crippen LogP contribution is 2.42. The first-order valence-electron chi connectivity index (χ1n) is 10.6. The summed E-state index contributed by atoms with van der Waals surface area (Å²) in [7, 11) is -2.01. The fourth-order valence-corrected chi connectivity index (χ4v) is 10.1. The first-order chi connectivity index (χ1) is 13.7. The number of benzene rings is 1. The number of fused-ring (bicyclic) bond motifs is 1. The van der Waals surface area contributed by atoms with Crippen LogP contribution >= 0.6 is 0 Å². The second kappa shape index (κ2) is 8.18. The van der Waals surface area contributed by atoms with E-state index >= 15 is 0 Å². The van der Waals surface area contributed by atoms with Crippen molar-refractivity contribution in [3.63, 3.8) is 0 Å². The van der Waals surface area contributed by atoms with Crippen molar-refractivity contribution in [2.75, 3.05) is 0 Å². The van der Waals surface area contributed by atoms with E-state index in [1.165, 1.54) is 0 Å². The van der Waals surface area contributed by atoms with Gasteiger partial charge in [0, 0.05) is 12.7 Å². The van der Waals surface area contributed by atoms with Gasteiger partial charge in [-0.1, -0.05) is 41.5 Å². The smallest absolute Gasteiger partial charge is 0.334 e. The molecule has 1 aromatic carbocycles. The molecule has 0 fully saturated rings. The van der Waals surface area contributed by atoms with Crippen LogP contribution in [0.4, 0.5) is 0 Å². The molecule has 0 bridgehead atoms. The zero-order valence-corrected chi connectivity index (χ0v) is 19.6. The number of nitrogens with zero attached hydrogens (tertiary/aromatic N) is 3. The van der Waals surface area contributed by atoms with Crippen LogP contribution < -0.4 is 10.1 Å². The summed E-state index contributed by atoms with van der Waals surface area (Å²) in [6.07, 6.45) is 1.73. The number of hydrogen-bond acceptors (Lipinski definition) is 3. The molecule has 0 N–H and O–H groups in total. The molecule has 0 aliphatic rings. The summed E-state index contributed by atoms with van der Waals surface area (Å²) >= 11 is 0. The average molecular weight is 412 g/mol. The molecule has 0 saturated heterocycles. The molecule has 156 valence electrons. The SMILES string of the molecule is CCn1c(=O)n(-c2ccc(O[Si](C(C)C)(C(C)C)C(C)C)cc2)c2ncccc21. The van der Waals surface area contributed by atoms with Gasteiger partial charge in [0.1, 0.15) is 5.75 Å². The van der Waals surface area contributed by atoms with Gasteiger partial charge in [-0.25, -0.2) is 14.3 Å². The summed E-state index contributed by atoms with van der Waals surface area (Å²) in [5.74, 6) is 0.886. The van der Waals surface area contributed by atoms with Crippen LogP contribution in [-0.4, -0.2) is 22.4 Å².